The summed E-state index contributed by atoms with van der Waals surface area (Å²) in [6.07, 6.45) is 12.2. The lowest BCUT2D eigenvalue weighted by Gasteiger charge is -2.15. The highest BCUT2D eigenvalue weighted by Crippen LogP contribution is 2.33. The van der Waals surface area contributed by atoms with Crippen LogP contribution in [0.5, 0.6) is 0 Å². The molecular weight excluding hydrogens is 254 g/mol. The Morgan fingerprint density at radius 3 is 2.00 bits per heavy atom. The molecular formula is C20H41N. The molecule has 0 aromatic heterocycles. The number of hydrogen-bond donors (Lipinski definition) is 1. The molecule has 1 saturated carbocycles. The molecule has 126 valence electrons. The summed E-state index contributed by atoms with van der Waals surface area (Å²) in [5.41, 5.74) is 7.29. The molecule has 0 amide bonds. The molecule has 0 aliphatic heterocycles. The molecule has 1 rings (SSSR count). The van der Waals surface area contributed by atoms with Gasteiger partial charge >= 0.3 is 0 Å². The van der Waals surface area contributed by atoms with Crippen molar-refractivity contribution in [1.82, 2.24) is 0 Å². The summed E-state index contributed by atoms with van der Waals surface area (Å²) < 4.78 is 0. The fourth-order valence-corrected chi connectivity index (χ4v) is 2.20. The first-order valence-corrected chi connectivity index (χ1v) is 8.93. The quantitative estimate of drug-likeness (QED) is 0.464. The Labute approximate surface area is 135 Å². The second-order valence-electron chi connectivity index (χ2n) is 4.38. The molecule has 2 N–H and O–H groups in total. The second-order valence-corrected chi connectivity index (χ2v) is 4.38. The first-order valence-electron chi connectivity index (χ1n) is 8.93. The van der Waals surface area contributed by atoms with Crippen LogP contribution in [-0.4, -0.2) is 6.04 Å². The largest absolute Gasteiger partial charge is 0.327 e. The lowest BCUT2D eigenvalue weighted by atomic mass is 9.92. The van der Waals surface area contributed by atoms with Crippen LogP contribution in [0.1, 0.15) is 74.7 Å². The van der Waals surface area contributed by atoms with Gasteiger partial charge in [-0.1, -0.05) is 84.9 Å². The molecule has 0 saturated heterocycles. The predicted molar refractivity (Wildman–Crippen MR) is 102 cm³/mol. The molecule has 0 radical (unpaired) electrons. The first-order chi connectivity index (χ1) is 10.2. The molecule has 1 nitrogen and oxygen atoms in total. The molecule has 21 heavy (non-hydrogen) atoms. The van der Waals surface area contributed by atoms with E-state index in [1.807, 2.05) is 41.5 Å². The molecule has 0 spiro atoms. The summed E-state index contributed by atoms with van der Waals surface area (Å²) in [7, 11) is 0. The Bertz CT molecular complexity index is 263. The van der Waals surface area contributed by atoms with Crippen molar-refractivity contribution in [2.75, 3.05) is 0 Å². The molecule has 1 fully saturated rings. The maximum Gasteiger partial charge on any atom is 0.0108 e. The van der Waals surface area contributed by atoms with E-state index in [0.29, 0.717) is 17.9 Å². The van der Waals surface area contributed by atoms with Gasteiger partial charge in [0.15, 0.2) is 0 Å². The van der Waals surface area contributed by atoms with Gasteiger partial charge in [-0.2, -0.15) is 0 Å². The van der Waals surface area contributed by atoms with E-state index in [4.69, 9.17) is 5.73 Å². The predicted octanol–water partition coefficient (Wildman–Crippen LogP) is 6.52. The van der Waals surface area contributed by atoms with E-state index in [0.717, 1.165) is 12.8 Å². The molecule has 3 unspecified atom stereocenters. The number of nitrogens with two attached hydrogens (primary N) is 1. The van der Waals surface area contributed by atoms with Crippen molar-refractivity contribution >= 4 is 0 Å². The van der Waals surface area contributed by atoms with Gasteiger partial charge in [-0.25, -0.2) is 0 Å². The lowest BCUT2D eigenvalue weighted by molar-refractivity contribution is 0.509. The van der Waals surface area contributed by atoms with Crippen LogP contribution in [0.4, 0.5) is 0 Å². The average molecular weight is 296 g/mol. The Kier molecular flexibility index (Phi) is 23.0. The van der Waals surface area contributed by atoms with Crippen molar-refractivity contribution in [2.24, 2.45) is 17.6 Å². The molecule has 0 heterocycles. The minimum Gasteiger partial charge on any atom is -0.327 e. The van der Waals surface area contributed by atoms with E-state index >= 15 is 0 Å². The van der Waals surface area contributed by atoms with Crippen LogP contribution in [0.25, 0.3) is 0 Å². The molecule has 0 bridgehead atoms. The van der Waals surface area contributed by atoms with E-state index in [2.05, 4.69) is 44.7 Å². The van der Waals surface area contributed by atoms with Crippen LogP contribution >= 0.6 is 0 Å². The summed E-state index contributed by atoms with van der Waals surface area (Å²) in [6.45, 7) is 20.2. The van der Waals surface area contributed by atoms with Gasteiger partial charge in [0.1, 0.15) is 0 Å². The fourth-order valence-electron chi connectivity index (χ4n) is 2.20. The highest BCUT2D eigenvalue weighted by Gasteiger charge is 2.29. The Hall–Kier alpha value is -0.820. The van der Waals surface area contributed by atoms with Crippen molar-refractivity contribution in [1.29, 1.82) is 0 Å². The molecule has 0 aromatic carbocycles. The molecule has 3 atom stereocenters. The topological polar surface area (TPSA) is 26.0 Å². The van der Waals surface area contributed by atoms with E-state index in [9.17, 15) is 0 Å². The van der Waals surface area contributed by atoms with Gasteiger partial charge in [0.2, 0.25) is 0 Å². The normalized spacial score (nSPS) is 23.6. The monoisotopic (exact) mass is 295 g/mol. The van der Waals surface area contributed by atoms with Crippen molar-refractivity contribution in [2.45, 2.75) is 80.7 Å². The standard InChI is InChI=1S/C14H23N.3C2H6/c1-4-6-13-12(9-10-14(13)15)8-7-11(3)5-2;3*1-2/h4,6-8,12-14H,3,5,9-10,15H2,1-2H3;3*1-2H3/b6-4-,8-7+;;;. The highest BCUT2D eigenvalue weighted by atomic mass is 14.7. The molecule has 1 aliphatic carbocycles. The van der Waals surface area contributed by atoms with Gasteiger partial charge in [-0.05, 0) is 38.0 Å². The third-order valence-corrected chi connectivity index (χ3v) is 3.27. The van der Waals surface area contributed by atoms with Gasteiger partial charge < -0.3 is 5.73 Å². The highest BCUT2D eigenvalue weighted by molar-refractivity contribution is 5.17. The lowest BCUT2D eigenvalue weighted by Crippen LogP contribution is -2.25. The minimum absolute atomic E-state index is 0.339. The third-order valence-electron chi connectivity index (χ3n) is 3.27. The van der Waals surface area contributed by atoms with Crippen LogP contribution in [-0.2, 0) is 0 Å². The van der Waals surface area contributed by atoms with Crippen LogP contribution in [0.15, 0.2) is 36.5 Å². The van der Waals surface area contributed by atoms with Gasteiger partial charge in [0.05, 0.1) is 0 Å². The number of rotatable bonds is 4. The summed E-state index contributed by atoms with van der Waals surface area (Å²) in [5.74, 6) is 1.13. The fraction of sp³-hybridized carbons (Fsp3) is 0.700. The van der Waals surface area contributed by atoms with Crippen molar-refractivity contribution < 1.29 is 0 Å². The van der Waals surface area contributed by atoms with E-state index in [1.165, 1.54) is 12.0 Å². The third kappa shape index (κ3) is 11.5. The van der Waals surface area contributed by atoms with Crippen molar-refractivity contribution in [3.05, 3.63) is 36.5 Å². The Morgan fingerprint density at radius 1 is 1.05 bits per heavy atom. The van der Waals surface area contributed by atoms with Crippen LogP contribution in [0.3, 0.4) is 0 Å². The zero-order valence-electron chi connectivity index (χ0n) is 15.9. The molecule has 1 heteroatoms. The van der Waals surface area contributed by atoms with Crippen LogP contribution in [0, 0.1) is 11.8 Å². The van der Waals surface area contributed by atoms with Gasteiger partial charge in [-0.3, -0.25) is 0 Å². The first kappa shape index (κ1) is 25.2. The van der Waals surface area contributed by atoms with E-state index < -0.39 is 0 Å². The second kappa shape index (κ2) is 19.2. The number of hydrogen-bond acceptors (Lipinski definition) is 1. The minimum atomic E-state index is 0.339. The molecule has 0 aromatic rings. The smallest absolute Gasteiger partial charge is 0.0108 e. The summed E-state index contributed by atoms with van der Waals surface area (Å²) in [5, 5.41) is 0. The van der Waals surface area contributed by atoms with Crippen molar-refractivity contribution in [3.8, 4) is 0 Å². The van der Waals surface area contributed by atoms with E-state index in [1.54, 1.807) is 0 Å². The van der Waals surface area contributed by atoms with Gasteiger partial charge in [0.25, 0.3) is 0 Å². The zero-order valence-corrected chi connectivity index (χ0v) is 15.9. The maximum atomic E-state index is 6.09. The van der Waals surface area contributed by atoms with Crippen molar-refractivity contribution in [3.63, 3.8) is 0 Å². The molecule has 1 aliphatic rings. The maximum absolute atomic E-state index is 6.09. The average Bonchev–Trinajstić information content (AvgIpc) is 2.92. The Morgan fingerprint density at radius 2 is 1.57 bits per heavy atom. The zero-order chi connectivity index (χ0) is 17.3. The summed E-state index contributed by atoms with van der Waals surface area (Å²) in [6, 6.07) is 0.339. The SMILES string of the molecule is C=C(/C=C/C1CCC(N)C1/C=C\C)CC.CC.CC.CC. The van der Waals surface area contributed by atoms with Gasteiger partial charge in [0, 0.05) is 6.04 Å². The van der Waals surface area contributed by atoms with Gasteiger partial charge in [-0.15, -0.1) is 0 Å². The van der Waals surface area contributed by atoms with Crippen LogP contribution < -0.4 is 5.73 Å². The van der Waals surface area contributed by atoms with E-state index in [-0.39, 0.29) is 0 Å². The van der Waals surface area contributed by atoms with Crippen LogP contribution in [0.2, 0.25) is 0 Å². The number of allylic oxidation sites excluding steroid dienone is 4. The summed E-state index contributed by atoms with van der Waals surface area (Å²) >= 11 is 0. The Balaban J connectivity index is -0.000000478. The summed E-state index contributed by atoms with van der Waals surface area (Å²) in [4.78, 5) is 0.